The molecule has 1 N–H and O–H groups in total. The lowest BCUT2D eigenvalue weighted by Crippen LogP contribution is -2.44. The van der Waals surface area contributed by atoms with E-state index in [2.05, 4.69) is 11.2 Å². The second kappa shape index (κ2) is 4.78. The van der Waals surface area contributed by atoms with Gasteiger partial charge < -0.3 is 4.90 Å². The Balaban J connectivity index is 3.97. The van der Waals surface area contributed by atoms with E-state index in [9.17, 15) is 4.79 Å². The van der Waals surface area contributed by atoms with Gasteiger partial charge in [0, 0.05) is 14.1 Å². The highest BCUT2D eigenvalue weighted by molar-refractivity contribution is 5.80. The number of likely N-dealkylation sites (N-methyl/N-ethyl adjacent to an activating group) is 1. The van der Waals surface area contributed by atoms with Crippen LogP contribution in [0.4, 0.5) is 0 Å². The van der Waals surface area contributed by atoms with E-state index in [4.69, 9.17) is 6.42 Å². The highest BCUT2D eigenvalue weighted by Gasteiger charge is 2.15. The molecule has 0 saturated heterocycles. The smallest absolute Gasteiger partial charge is 0.238 e. The zero-order chi connectivity index (χ0) is 9.72. The number of rotatable bonds is 3. The maximum Gasteiger partial charge on any atom is 0.238 e. The first kappa shape index (κ1) is 11.0. The molecular weight excluding hydrogens is 152 g/mol. The molecule has 2 atom stereocenters. The number of nitrogens with one attached hydrogen (secondary N) is 1. The van der Waals surface area contributed by atoms with Crippen molar-refractivity contribution < 1.29 is 4.79 Å². The van der Waals surface area contributed by atoms with Crippen molar-refractivity contribution in [2.45, 2.75) is 25.9 Å². The monoisotopic (exact) mass is 168 g/mol. The summed E-state index contributed by atoms with van der Waals surface area (Å²) in [5.74, 6) is 2.55. The Labute approximate surface area is 74.1 Å². The third-order valence-electron chi connectivity index (χ3n) is 1.56. The third kappa shape index (κ3) is 3.40. The largest absolute Gasteiger partial charge is 0.347 e. The van der Waals surface area contributed by atoms with Crippen molar-refractivity contribution in [3.05, 3.63) is 0 Å². The predicted octanol–water partition coefficient (Wildman–Crippen LogP) is 0.0744. The van der Waals surface area contributed by atoms with E-state index in [0.29, 0.717) is 0 Å². The molecule has 2 unspecified atom stereocenters. The lowest BCUT2D eigenvalue weighted by molar-refractivity contribution is -0.130. The number of amides is 1. The Hall–Kier alpha value is -1.01. The van der Waals surface area contributed by atoms with E-state index in [1.807, 2.05) is 6.92 Å². The van der Waals surface area contributed by atoms with Gasteiger partial charge in [-0.3, -0.25) is 10.1 Å². The van der Waals surface area contributed by atoms with Crippen LogP contribution in [0, 0.1) is 12.3 Å². The molecule has 0 saturated carbocycles. The van der Waals surface area contributed by atoms with Crippen LogP contribution in [0.25, 0.3) is 0 Å². The van der Waals surface area contributed by atoms with Crippen LogP contribution in [0.1, 0.15) is 13.8 Å². The SMILES string of the molecule is C#CC(C)NC(C)C(=O)N(C)C. The van der Waals surface area contributed by atoms with Crippen LogP contribution in [0.2, 0.25) is 0 Å². The molecule has 0 aliphatic carbocycles. The maximum absolute atomic E-state index is 11.3. The number of hydrogen-bond donors (Lipinski definition) is 1. The molecule has 0 spiro atoms. The van der Waals surface area contributed by atoms with Gasteiger partial charge >= 0.3 is 0 Å². The van der Waals surface area contributed by atoms with Crippen LogP contribution < -0.4 is 5.32 Å². The standard InChI is InChI=1S/C9H16N2O/c1-6-7(2)10-8(3)9(12)11(4)5/h1,7-8,10H,2-5H3. The van der Waals surface area contributed by atoms with Gasteiger partial charge in [-0.05, 0) is 13.8 Å². The molecule has 68 valence electrons. The number of terminal acetylenes is 1. The molecule has 0 radical (unpaired) electrons. The van der Waals surface area contributed by atoms with E-state index >= 15 is 0 Å². The van der Waals surface area contributed by atoms with Crippen LogP contribution >= 0.6 is 0 Å². The van der Waals surface area contributed by atoms with Gasteiger partial charge in [0.25, 0.3) is 0 Å². The Morgan fingerprint density at radius 3 is 2.33 bits per heavy atom. The minimum Gasteiger partial charge on any atom is -0.347 e. The van der Waals surface area contributed by atoms with Crippen molar-refractivity contribution >= 4 is 5.91 Å². The summed E-state index contributed by atoms with van der Waals surface area (Å²) in [7, 11) is 3.45. The molecule has 0 aliphatic heterocycles. The van der Waals surface area contributed by atoms with Crippen LogP contribution in [0.3, 0.4) is 0 Å². The summed E-state index contributed by atoms with van der Waals surface area (Å²) in [6.45, 7) is 3.65. The molecule has 0 bridgehead atoms. The molecule has 0 aliphatic rings. The fraction of sp³-hybridized carbons (Fsp3) is 0.667. The molecule has 0 rings (SSSR count). The number of hydrogen-bond acceptors (Lipinski definition) is 2. The first-order valence-electron chi connectivity index (χ1n) is 3.92. The van der Waals surface area contributed by atoms with Crippen LogP contribution in [0.5, 0.6) is 0 Å². The van der Waals surface area contributed by atoms with Crippen molar-refractivity contribution in [3.8, 4) is 12.3 Å². The summed E-state index contributed by atoms with van der Waals surface area (Å²) in [6.07, 6.45) is 5.16. The quantitative estimate of drug-likeness (QED) is 0.605. The number of carbonyl (C=O) groups excluding carboxylic acids is 1. The van der Waals surface area contributed by atoms with Crippen LogP contribution in [-0.2, 0) is 4.79 Å². The van der Waals surface area contributed by atoms with E-state index in [1.54, 1.807) is 25.9 Å². The average molecular weight is 168 g/mol. The summed E-state index contributed by atoms with van der Waals surface area (Å²) < 4.78 is 0. The van der Waals surface area contributed by atoms with Crippen LogP contribution in [0.15, 0.2) is 0 Å². The van der Waals surface area contributed by atoms with Crippen molar-refractivity contribution in [2.75, 3.05) is 14.1 Å². The zero-order valence-electron chi connectivity index (χ0n) is 8.09. The molecule has 12 heavy (non-hydrogen) atoms. The highest BCUT2D eigenvalue weighted by Crippen LogP contribution is 1.90. The lowest BCUT2D eigenvalue weighted by Gasteiger charge is -2.19. The summed E-state index contributed by atoms with van der Waals surface area (Å²) in [6, 6.07) is -0.282. The van der Waals surface area contributed by atoms with Crippen molar-refractivity contribution in [3.63, 3.8) is 0 Å². The van der Waals surface area contributed by atoms with Gasteiger partial charge in [-0.15, -0.1) is 6.42 Å². The summed E-state index contributed by atoms with van der Waals surface area (Å²) >= 11 is 0. The Bertz CT molecular complexity index is 193. The number of carbonyl (C=O) groups is 1. The van der Waals surface area contributed by atoms with Crippen molar-refractivity contribution in [1.82, 2.24) is 10.2 Å². The normalized spacial score (nSPS) is 14.6. The Kier molecular flexibility index (Phi) is 4.38. The topological polar surface area (TPSA) is 32.3 Å². The van der Waals surface area contributed by atoms with Crippen molar-refractivity contribution in [1.29, 1.82) is 0 Å². The van der Waals surface area contributed by atoms with E-state index < -0.39 is 0 Å². The van der Waals surface area contributed by atoms with Crippen LogP contribution in [-0.4, -0.2) is 37.0 Å². The first-order valence-corrected chi connectivity index (χ1v) is 3.92. The molecule has 3 nitrogen and oxygen atoms in total. The maximum atomic E-state index is 11.3. The summed E-state index contributed by atoms with van der Waals surface area (Å²) in [4.78, 5) is 12.8. The van der Waals surface area contributed by atoms with Gasteiger partial charge in [0.1, 0.15) is 0 Å². The second-order valence-electron chi connectivity index (χ2n) is 3.01. The van der Waals surface area contributed by atoms with Crippen molar-refractivity contribution in [2.24, 2.45) is 0 Å². The van der Waals surface area contributed by atoms with Gasteiger partial charge in [0.15, 0.2) is 0 Å². The van der Waals surface area contributed by atoms with Gasteiger partial charge in [-0.1, -0.05) is 5.92 Å². The molecule has 3 heteroatoms. The molecule has 0 aromatic heterocycles. The molecular formula is C9H16N2O. The van der Waals surface area contributed by atoms with E-state index in [0.717, 1.165) is 0 Å². The minimum absolute atomic E-state index is 0.0390. The van der Waals surface area contributed by atoms with Gasteiger partial charge in [-0.2, -0.15) is 0 Å². The fourth-order valence-electron chi connectivity index (χ4n) is 0.882. The number of nitrogens with zero attached hydrogens (tertiary/aromatic N) is 1. The zero-order valence-corrected chi connectivity index (χ0v) is 8.09. The lowest BCUT2D eigenvalue weighted by atomic mass is 10.2. The second-order valence-corrected chi connectivity index (χ2v) is 3.01. The summed E-state index contributed by atoms with van der Waals surface area (Å²) in [5, 5.41) is 2.98. The highest BCUT2D eigenvalue weighted by atomic mass is 16.2. The van der Waals surface area contributed by atoms with Gasteiger partial charge in [0.05, 0.1) is 12.1 Å². The van der Waals surface area contributed by atoms with E-state index in [-0.39, 0.29) is 18.0 Å². The third-order valence-corrected chi connectivity index (χ3v) is 1.56. The predicted molar refractivity (Wildman–Crippen MR) is 49.6 cm³/mol. The molecule has 1 amide bonds. The molecule has 0 aromatic carbocycles. The molecule has 0 heterocycles. The van der Waals surface area contributed by atoms with Gasteiger partial charge in [0.2, 0.25) is 5.91 Å². The molecule has 0 fully saturated rings. The molecule has 0 aromatic rings. The van der Waals surface area contributed by atoms with Gasteiger partial charge in [-0.25, -0.2) is 0 Å². The minimum atomic E-state index is -0.217. The first-order chi connectivity index (χ1) is 5.49. The average Bonchev–Trinajstić information content (AvgIpc) is 2.02. The Morgan fingerprint density at radius 2 is 2.00 bits per heavy atom. The summed E-state index contributed by atoms with van der Waals surface area (Å²) in [5.41, 5.74) is 0. The Morgan fingerprint density at radius 1 is 1.50 bits per heavy atom. The fourth-order valence-corrected chi connectivity index (χ4v) is 0.882. The van der Waals surface area contributed by atoms with E-state index in [1.165, 1.54) is 0 Å².